The van der Waals surface area contributed by atoms with E-state index < -0.39 is 17.8 Å². The third-order valence-electron chi connectivity index (χ3n) is 1.82. The molecule has 82 valence electrons. The fourth-order valence-corrected chi connectivity index (χ4v) is 1.93. The zero-order chi connectivity index (χ0) is 11.6. The van der Waals surface area contributed by atoms with Crippen LogP contribution in [0.3, 0.4) is 0 Å². The Morgan fingerprint density at radius 1 is 1.67 bits per heavy atom. The van der Waals surface area contributed by atoms with Crippen molar-refractivity contribution in [2.24, 2.45) is 5.73 Å². The molecule has 0 saturated heterocycles. The number of aliphatic carboxylic acids is 1. The van der Waals surface area contributed by atoms with Gasteiger partial charge in [-0.15, -0.1) is 0 Å². The molecule has 3 N–H and O–H groups in total. The molecule has 0 aliphatic carbocycles. The topological polar surface area (TPSA) is 63.3 Å². The molecule has 0 radical (unpaired) electrons. The molecule has 0 aliphatic rings. The van der Waals surface area contributed by atoms with Crippen LogP contribution in [0, 0.1) is 5.82 Å². The normalized spacial score (nSPS) is 12.5. The molecular weight excluding hydrogens is 288 g/mol. The van der Waals surface area contributed by atoms with E-state index in [4.69, 9.17) is 22.4 Å². The van der Waals surface area contributed by atoms with E-state index in [2.05, 4.69) is 15.9 Å². The monoisotopic (exact) mass is 295 g/mol. The van der Waals surface area contributed by atoms with Crippen LogP contribution in [0.1, 0.15) is 5.56 Å². The van der Waals surface area contributed by atoms with Crippen LogP contribution in [-0.2, 0) is 11.2 Å². The van der Waals surface area contributed by atoms with Gasteiger partial charge in [0.1, 0.15) is 6.04 Å². The molecule has 3 nitrogen and oxygen atoms in total. The second-order valence-electron chi connectivity index (χ2n) is 3.02. The Morgan fingerprint density at radius 3 is 2.73 bits per heavy atom. The molecule has 1 atom stereocenters. The van der Waals surface area contributed by atoms with Crippen LogP contribution in [0.2, 0.25) is 5.02 Å². The molecule has 1 aromatic rings. The quantitative estimate of drug-likeness (QED) is 0.841. The number of rotatable bonds is 3. The number of benzene rings is 1. The van der Waals surface area contributed by atoms with Crippen molar-refractivity contribution < 1.29 is 14.3 Å². The molecule has 0 aliphatic heterocycles. The Labute approximate surface area is 99.2 Å². The maximum absolute atomic E-state index is 13.1. The van der Waals surface area contributed by atoms with Crippen molar-refractivity contribution in [1.29, 1.82) is 0 Å². The van der Waals surface area contributed by atoms with E-state index in [-0.39, 0.29) is 15.9 Å². The first kappa shape index (κ1) is 12.4. The number of carbonyl (C=O) groups is 1. The largest absolute Gasteiger partial charge is 0.480 e. The van der Waals surface area contributed by atoms with E-state index in [0.29, 0.717) is 5.56 Å². The molecule has 1 rings (SSSR count). The minimum Gasteiger partial charge on any atom is -0.480 e. The second-order valence-corrected chi connectivity index (χ2v) is 4.28. The molecule has 0 aromatic heterocycles. The molecule has 0 spiro atoms. The predicted molar refractivity (Wildman–Crippen MR) is 58.4 cm³/mol. The van der Waals surface area contributed by atoms with Gasteiger partial charge in [-0.2, -0.15) is 0 Å². The molecule has 1 aromatic carbocycles. The van der Waals surface area contributed by atoms with E-state index in [1.807, 2.05) is 0 Å². The fraction of sp³-hybridized carbons (Fsp3) is 0.222. The summed E-state index contributed by atoms with van der Waals surface area (Å²) in [6.07, 6.45) is 0.105. The lowest BCUT2D eigenvalue weighted by Gasteiger charge is -2.08. The molecule has 15 heavy (non-hydrogen) atoms. The summed E-state index contributed by atoms with van der Waals surface area (Å²) in [5.41, 5.74) is 5.91. The summed E-state index contributed by atoms with van der Waals surface area (Å²) in [7, 11) is 0. The Morgan fingerprint density at radius 2 is 2.27 bits per heavy atom. The van der Waals surface area contributed by atoms with E-state index >= 15 is 0 Å². The van der Waals surface area contributed by atoms with Gasteiger partial charge in [0.05, 0.1) is 9.50 Å². The van der Waals surface area contributed by atoms with Crippen LogP contribution in [0.15, 0.2) is 16.6 Å². The fourth-order valence-electron chi connectivity index (χ4n) is 1.07. The zero-order valence-electron chi connectivity index (χ0n) is 7.51. The van der Waals surface area contributed by atoms with Crippen LogP contribution < -0.4 is 5.73 Å². The van der Waals surface area contributed by atoms with Crippen molar-refractivity contribution in [3.05, 3.63) is 33.0 Å². The molecule has 6 heteroatoms. The molecule has 0 fully saturated rings. The van der Waals surface area contributed by atoms with Gasteiger partial charge in [0.25, 0.3) is 0 Å². The number of halogens is 3. The molecule has 0 amide bonds. The van der Waals surface area contributed by atoms with Gasteiger partial charge in [-0.25, -0.2) is 4.39 Å². The molecule has 0 saturated carbocycles. The Bertz CT molecular complexity index is 377. The second kappa shape index (κ2) is 4.92. The van der Waals surface area contributed by atoms with Crippen molar-refractivity contribution in [1.82, 2.24) is 0 Å². The van der Waals surface area contributed by atoms with E-state index in [1.165, 1.54) is 12.1 Å². The van der Waals surface area contributed by atoms with Crippen LogP contribution in [0.4, 0.5) is 4.39 Å². The average Bonchev–Trinajstić information content (AvgIpc) is 2.13. The lowest BCUT2D eigenvalue weighted by molar-refractivity contribution is -0.138. The average molecular weight is 297 g/mol. The Kier molecular flexibility index (Phi) is 4.07. The van der Waals surface area contributed by atoms with Crippen LogP contribution in [0.25, 0.3) is 0 Å². The van der Waals surface area contributed by atoms with Crippen LogP contribution in [0.5, 0.6) is 0 Å². The lowest BCUT2D eigenvalue weighted by atomic mass is 10.1. The highest BCUT2D eigenvalue weighted by Crippen LogP contribution is 2.25. The van der Waals surface area contributed by atoms with Gasteiger partial charge < -0.3 is 10.8 Å². The Balaban J connectivity index is 2.92. The van der Waals surface area contributed by atoms with E-state index in [1.54, 1.807) is 0 Å². The summed E-state index contributed by atoms with van der Waals surface area (Å²) < 4.78 is 13.3. The predicted octanol–water partition coefficient (Wildman–Crippen LogP) is 2.20. The summed E-state index contributed by atoms with van der Waals surface area (Å²) in [4.78, 5) is 10.5. The maximum Gasteiger partial charge on any atom is 0.320 e. The third kappa shape index (κ3) is 3.15. The van der Waals surface area contributed by atoms with Crippen molar-refractivity contribution in [2.45, 2.75) is 12.5 Å². The SMILES string of the molecule is NC(Cc1cc(Cl)c(F)c(Br)c1)C(=O)O. The summed E-state index contributed by atoms with van der Waals surface area (Å²) in [6, 6.07) is 1.81. The highest BCUT2D eigenvalue weighted by atomic mass is 79.9. The van der Waals surface area contributed by atoms with Gasteiger partial charge in [0.2, 0.25) is 0 Å². The molecular formula is C9H8BrClFNO2. The summed E-state index contributed by atoms with van der Waals surface area (Å²) in [6.45, 7) is 0. The van der Waals surface area contributed by atoms with E-state index in [9.17, 15) is 9.18 Å². The van der Waals surface area contributed by atoms with Gasteiger partial charge >= 0.3 is 5.97 Å². The summed E-state index contributed by atoms with van der Waals surface area (Å²) >= 11 is 8.57. The molecule has 1 unspecified atom stereocenters. The van der Waals surface area contributed by atoms with Gasteiger partial charge in [0, 0.05) is 0 Å². The van der Waals surface area contributed by atoms with Gasteiger partial charge in [-0.3, -0.25) is 4.79 Å². The summed E-state index contributed by atoms with van der Waals surface area (Å²) in [5.74, 6) is -1.67. The molecule has 0 heterocycles. The highest BCUT2D eigenvalue weighted by molar-refractivity contribution is 9.10. The zero-order valence-corrected chi connectivity index (χ0v) is 9.85. The van der Waals surface area contributed by atoms with Gasteiger partial charge in [-0.1, -0.05) is 11.6 Å². The highest BCUT2D eigenvalue weighted by Gasteiger charge is 2.14. The first-order chi connectivity index (χ1) is 6.91. The first-order valence-electron chi connectivity index (χ1n) is 4.03. The van der Waals surface area contributed by atoms with Gasteiger partial charge in [-0.05, 0) is 40.0 Å². The summed E-state index contributed by atoms with van der Waals surface area (Å²) in [5, 5.41) is 8.53. The van der Waals surface area contributed by atoms with E-state index in [0.717, 1.165) is 0 Å². The number of nitrogens with two attached hydrogens (primary N) is 1. The number of hydrogen-bond acceptors (Lipinski definition) is 2. The van der Waals surface area contributed by atoms with Crippen molar-refractivity contribution >= 4 is 33.5 Å². The van der Waals surface area contributed by atoms with Crippen molar-refractivity contribution in [2.75, 3.05) is 0 Å². The van der Waals surface area contributed by atoms with Crippen molar-refractivity contribution in [3.63, 3.8) is 0 Å². The standard InChI is InChI=1S/C9H8BrClFNO2/c10-5-1-4(2-6(11)8(5)12)3-7(13)9(14)15/h1-2,7H,3,13H2,(H,14,15). The van der Waals surface area contributed by atoms with Crippen LogP contribution in [-0.4, -0.2) is 17.1 Å². The maximum atomic E-state index is 13.1. The minimum atomic E-state index is -1.11. The number of carboxylic acids is 1. The first-order valence-corrected chi connectivity index (χ1v) is 5.20. The third-order valence-corrected chi connectivity index (χ3v) is 2.67. The number of carboxylic acid groups (broad SMARTS) is 1. The molecule has 0 bridgehead atoms. The van der Waals surface area contributed by atoms with Gasteiger partial charge in [0.15, 0.2) is 5.82 Å². The smallest absolute Gasteiger partial charge is 0.320 e. The number of hydrogen-bond donors (Lipinski definition) is 2. The van der Waals surface area contributed by atoms with Crippen molar-refractivity contribution in [3.8, 4) is 0 Å². The Hall–Kier alpha value is -0.650. The minimum absolute atomic E-state index is 0.0584. The lowest BCUT2D eigenvalue weighted by Crippen LogP contribution is -2.32. The van der Waals surface area contributed by atoms with Crippen LogP contribution >= 0.6 is 27.5 Å².